The van der Waals surface area contributed by atoms with Gasteiger partial charge in [0.25, 0.3) is 0 Å². The zero-order chi connectivity index (χ0) is 13.0. The lowest BCUT2D eigenvalue weighted by molar-refractivity contribution is -0.139. The monoisotopic (exact) mass is 259 g/mol. The summed E-state index contributed by atoms with van der Waals surface area (Å²) < 4.78 is 49.3. The van der Waals surface area contributed by atoms with E-state index in [4.69, 9.17) is 15.2 Å². The topological polar surface area (TPSA) is 44.5 Å². The molecule has 0 radical (unpaired) electrons. The van der Waals surface area contributed by atoms with E-state index in [9.17, 15) is 13.2 Å². The number of nitrogens with two attached hydrogens (primary N) is 1. The lowest BCUT2D eigenvalue weighted by atomic mass is 9.71. The molecule has 1 aliphatic carbocycles. The molecule has 1 saturated carbocycles. The van der Waals surface area contributed by atoms with E-state index < -0.39 is 17.3 Å². The van der Waals surface area contributed by atoms with Crippen LogP contribution >= 0.6 is 0 Å². The van der Waals surface area contributed by atoms with Crippen LogP contribution < -0.4 is 15.2 Å². The van der Waals surface area contributed by atoms with Crippen molar-refractivity contribution in [1.82, 2.24) is 0 Å². The van der Waals surface area contributed by atoms with Gasteiger partial charge < -0.3 is 15.2 Å². The van der Waals surface area contributed by atoms with E-state index in [0.717, 1.165) is 12.5 Å². The van der Waals surface area contributed by atoms with E-state index in [1.54, 1.807) is 0 Å². The summed E-state index contributed by atoms with van der Waals surface area (Å²) >= 11 is 0. The van der Waals surface area contributed by atoms with Crippen molar-refractivity contribution in [2.24, 2.45) is 5.73 Å². The molecule has 3 rings (SSSR count). The lowest BCUT2D eigenvalue weighted by Gasteiger charge is -2.40. The largest absolute Gasteiger partial charge is 0.454 e. The van der Waals surface area contributed by atoms with E-state index in [0.29, 0.717) is 18.6 Å². The van der Waals surface area contributed by atoms with E-state index in [-0.39, 0.29) is 18.1 Å². The minimum atomic E-state index is -4.43. The highest BCUT2D eigenvalue weighted by atomic mass is 19.4. The summed E-state index contributed by atoms with van der Waals surface area (Å²) in [5.74, 6) is 0.476. The zero-order valence-corrected chi connectivity index (χ0v) is 9.51. The number of ether oxygens (including phenoxy) is 2. The molecule has 2 N–H and O–H groups in total. The number of rotatable bonds is 1. The van der Waals surface area contributed by atoms with Gasteiger partial charge in [0.05, 0.1) is 5.56 Å². The second-order valence-corrected chi connectivity index (χ2v) is 4.76. The second-order valence-electron chi connectivity index (χ2n) is 4.76. The van der Waals surface area contributed by atoms with Crippen LogP contribution in [0.5, 0.6) is 11.5 Å². The Morgan fingerprint density at radius 1 is 1.11 bits per heavy atom. The molecule has 1 aromatic rings. The number of fused-ring (bicyclic) bond motifs is 1. The Hall–Kier alpha value is -1.43. The Labute approximate surface area is 102 Å². The maximum Gasteiger partial charge on any atom is 0.416 e. The molecule has 0 saturated heterocycles. The average Bonchev–Trinajstić information content (AvgIpc) is 2.69. The van der Waals surface area contributed by atoms with Gasteiger partial charge in [0.1, 0.15) is 0 Å². The SMILES string of the molecule is NC1(c2cc3c(cc2C(F)(F)F)OCO3)CCC1. The maximum atomic E-state index is 13.1. The lowest BCUT2D eigenvalue weighted by Crippen LogP contribution is -2.44. The van der Waals surface area contributed by atoms with Crippen LogP contribution in [-0.4, -0.2) is 6.79 Å². The molecular weight excluding hydrogens is 247 g/mol. The summed E-state index contributed by atoms with van der Waals surface area (Å²) in [4.78, 5) is 0. The average molecular weight is 259 g/mol. The standard InChI is InChI=1S/C12H12F3NO2/c13-12(14,15)8-5-10-9(17-6-18-10)4-7(8)11(16)2-1-3-11/h4-5H,1-3,6,16H2. The van der Waals surface area contributed by atoms with Gasteiger partial charge in [-0.1, -0.05) is 0 Å². The van der Waals surface area contributed by atoms with Crippen LogP contribution in [0.1, 0.15) is 30.4 Å². The molecule has 3 nitrogen and oxygen atoms in total. The third kappa shape index (κ3) is 1.63. The molecule has 1 fully saturated rings. The molecule has 1 heterocycles. The van der Waals surface area contributed by atoms with Crippen molar-refractivity contribution in [2.75, 3.05) is 6.79 Å². The van der Waals surface area contributed by atoms with Crippen molar-refractivity contribution in [2.45, 2.75) is 31.0 Å². The fraction of sp³-hybridized carbons (Fsp3) is 0.500. The van der Waals surface area contributed by atoms with Crippen molar-refractivity contribution in [3.05, 3.63) is 23.3 Å². The van der Waals surface area contributed by atoms with Crippen molar-refractivity contribution < 1.29 is 22.6 Å². The first kappa shape index (κ1) is 11.6. The molecule has 2 aliphatic rings. The maximum absolute atomic E-state index is 13.1. The summed E-state index contributed by atoms with van der Waals surface area (Å²) in [6.07, 6.45) is -2.45. The van der Waals surface area contributed by atoms with E-state index >= 15 is 0 Å². The molecule has 1 aromatic carbocycles. The van der Waals surface area contributed by atoms with Crippen molar-refractivity contribution in [3.63, 3.8) is 0 Å². The van der Waals surface area contributed by atoms with E-state index in [1.165, 1.54) is 6.07 Å². The number of hydrogen-bond donors (Lipinski definition) is 1. The summed E-state index contributed by atoms with van der Waals surface area (Å²) in [5, 5.41) is 0. The molecule has 1 aliphatic heterocycles. The van der Waals surface area contributed by atoms with Crippen molar-refractivity contribution in [1.29, 1.82) is 0 Å². The van der Waals surface area contributed by atoms with Crippen molar-refractivity contribution >= 4 is 0 Å². The number of alkyl halides is 3. The minimum absolute atomic E-state index is 0.0480. The molecule has 0 spiro atoms. The van der Waals surface area contributed by atoms with Gasteiger partial charge in [-0.15, -0.1) is 0 Å². The summed E-state index contributed by atoms with van der Waals surface area (Å²) in [6, 6.07) is 2.37. The predicted octanol–water partition coefficient (Wildman–Crippen LogP) is 2.77. The Kier molecular flexibility index (Phi) is 2.29. The molecule has 18 heavy (non-hydrogen) atoms. The van der Waals surface area contributed by atoms with Gasteiger partial charge in [-0.3, -0.25) is 0 Å². The van der Waals surface area contributed by atoms with Gasteiger partial charge in [0, 0.05) is 5.54 Å². The normalized spacial score (nSPS) is 20.7. The van der Waals surface area contributed by atoms with Crippen LogP contribution in [0, 0.1) is 0 Å². The molecule has 6 heteroatoms. The highest BCUT2D eigenvalue weighted by molar-refractivity contribution is 5.52. The first-order chi connectivity index (χ1) is 8.40. The van der Waals surface area contributed by atoms with Gasteiger partial charge >= 0.3 is 6.18 Å². The summed E-state index contributed by atoms with van der Waals surface area (Å²) in [5.41, 5.74) is 4.54. The van der Waals surface area contributed by atoms with E-state index in [1.807, 2.05) is 0 Å². The Morgan fingerprint density at radius 2 is 1.72 bits per heavy atom. The first-order valence-electron chi connectivity index (χ1n) is 5.70. The Morgan fingerprint density at radius 3 is 2.22 bits per heavy atom. The third-order valence-corrected chi connectivity index (χ3v) is 3.60. The zero-order valence-electron chi connectivity index (χ0n) is 9.51. The van der Waals surface area contributed by atoms with Crippen molar-refractivity contribution in [3.8, 4) is 11.5 Å². The third-order valence-electron chi connectivity index (χ3n) is 3.60. The highest BCUT2D eigenvalue weighted by Gasteiger charge is 2.44. The smallest absolute Gasteiger partial charge is 0.416 e. The van der Waals surface area contributed by atoms with Gasteiger partial charge in [-0.25, -0.2) is 0 Å². The van der Waals surface area contributed by atoms with Crippen LogP contribution in [0.15, 0.2) is 12.1 Å². The van der Waals surface area contributed by atoms with Crippen LogP contribution in [0.4, 0.5) is 13.2 Å². The minimum Gasteiger partial charge on any atom is -0.454 e. The van der Waals surface area contributed by atoms with Crippen LogP contribution in [0.3, 0.4) is 0 Å². The van der Waals surface area contributed by atoms with Gasteiger partial charge in [-0.2, -0.15) is 13.2 Å². The molecular formula is C12H12F3NO2. The predicted molar refractivity (Wildman–Crippen MR) is 57.3 cm³/mol. The fourth-order valence-corrected chi connectivity index (χ4v) is 2.42. The highest BCUT2D eigenvalue weighted by Crippen LogP contribution is 2.48. The molecule has 0 aromatic heterocycles. The van der Waals surface area contributed by atoms with Crippen LogP contribution in [0.2, 0.25) is 0 Å². The number of halogens is 3. The van der Waals surface area contributed by atoms with Gasteiger partial charge in [0.2, 0.25) is 6.79 Å². The molecule has 0 bridgehead atoms. The second kappa shape index (κ2) is 3.54. The Balaban J connectivity index is 2.16. The van der Waals surface area contributed by atoms with Crippen LogP contribution in [-0.2, 0) is 11.7 Å². The molecule has 0 atom stereocenters. The molecule has 0 unspecified atom stereocenters. The number of hydrogen-bond acceptors (Lipinski definition) is 3. The molecule has 0 amide bonds. The Bertz CT molecular complexity index is 495. The fourth-order valence-electron chi connectivity index (χ4n) is 2.42. The summed E-state index contributed by atoms with van der Waals surface area (Å²) in [7, 11) is 0. The van der Waals surface area contributed by atoms with Gasteiger partial charge in [0.15, 0.2) is 11.5 Å². The van der Waals surface area contributed by atoms with Crippen LogP contribution in [0.25, 0.3) is 0 Å². The quantitative estimate of drug-likeness (QED) is 0.843. The van der Waals surface area contributed by atoms with Gasteiger partial charge in [-0.05, 0) is 37.0 Å². The summed E-state index contributed by atoms with van der Waals surface area (Å²) in [6.45, 7) is -0.0480. The number of benzene rings is 1. The van der Waals surface area contributed by atoms with E-state index in [2.05, 4.69) is 0 Å². The molecule has 98 valence electrons. The first-order valence-corrected chi connectivity index (χ1v) is 5.70.